The maximum absolute atomic E-state index is 10.7. The molecular weight excluding hydrogens is 266 g/mol. The summed E-state index contributed by atoms with van der Waals surface area (Å²) >= 11 is 0. The number of aliphatic carboxylic acids is 2. The summed E-state index contributed by atoms with van der Waals surface area (Å²) in [5.74, 6) is -3.70. The predicted octanol–water partition coefficient (Wildman–Crippen LogP) is -10.7. The maximum Gasteiger partial charge on any atom is 1.00 e. The Kier molecular flexibility index (Phi) is 10.6. The standard InChI is InChI=1S/C8H12N2O6.2Na/c11-5(12)3-4(7(13)14)10-2-1-9-6(10)8(15)16;;/h4-5,11-12H,1-3H2,(H,13,14)(H,15,16);;/q;2*+1/p-2. The van der Waals surface area contributed by atoms with E-state index in [1.54, 1.807) is 0 Å². The first-order chi connectivity index (χ1) is 7.43. The Labute approximate surface area is 147 Å². The number of carbonyl (C=O) groups excluding carboxylic acids is 2. The molecule has 0 amide bonds. The van der Waals surface area contributed by atoms with Gasteiger partial charge in [0, 0.05) is 13.0 Å². The molecule has 1 aliphatic heterocycles. The van der Waals surface area contributed by atoms with E-state index in [1.807, 2.05) is 0 Å². The molecule has 2 N–H and O–H groups in total. The second kappa shape index (κ2) is 9.27. The number of aliphatic imine (C=N–C) groups is 1. The minimum Gasteiger partial charge on any atom is -0.548 e. The number of amidine groups is 1. The summed E-state index contributed by atoms with van der Waals surface area (Å²) in [5.41, 5.74) is 0. The van der Waals surface area contributed by atoms with Crippen molar-refractivity contribution >= 4 is 17.8 Å². The number of hydrogen-bond donors (Lipinski definition) is 2. The molecule has 0 aliphatic carbocycles. The van der Waals surface area contributed by atoms with Crippen molar-refractivity contribution in [2.75, 3.05) is 13.1 Å². The Balaban J connectivity index is 0. The van der Waals surface area contributed by atoms with Crippen LogP contribution in [0.1, 0.15) is 6.42 Å². The first-order valence-corrected chi connectivity index (χ1v) is 4.53. The Morgan fingerprint density at radius 1 is 1.33 bits per heavy atom. The number of aliphatic hydroxyl groups is 2. The molecule has 1 atom stereocenters. The topological polar surface area (TPSA) is 136 Å². The quantitative estimate of drug-likeness (QED) is 0.376. The van der Waals surface area contributed by atoms with E-state index in [4.69, 9.17) is 10.2 Å². The first kappa shape index (κ1) is 20.6. The van der Waals surface area contributed by atoms with E-state index in [0.29, 0.717) is 0 Å². The van der Waals surface area contributed by atoms with Crippen LogP contribution in [-0.4, -0.2) is 58.3 Å². The van der Waals surface area contributed by atoms with Crippen LogP contribution >= 0.6 is 0 Å². The summed E-state index contributed by atoms with van der Waals surface area (Å²) in [6.07, 6.45) is -2.43. The molecule has 1 aliphatic rings. The van der Waals surface area contributed by atoms with Gasteiger partial charge in [-0.3, -0.25) is 4.99 Å². The molecule has 18 heavy (non-hydrogen) atoms. The molecule has 1 unspecified atom stereocenters. The van der Waals surface area contributed by atoms with Crippen molar-refractivity contribution in [2.24, 2.45) is 4.99 Å². The van der Waals surface area contributed by atoms with Gasteiger partial charge in [0.15, 0.2) is 6.29 Å². The van der Waals surface area contributed by atoms with Crippen LogP contribution in [0.2, 0.25) is 0 Å². The number of carboxylic acids is 2. The Morgan fingerprint density at radius 2 is 1.89 bits per heavy atom. The minimum atomic E-state index is -1.87. The number of carbonyl (C=O) groups is 2. The summed E-state index contributed by atoms with van der Waals surface area (Å²) < 4.78 is 0. The van der Waals surface area contributed by atoms with E-state index in [9.17, 15) is 19.8 Å². The number of carboxylic acid groups (broad SMARTS) is 2. The Hall–Kier alpha value is 0.330. The SMILES string of the molecule is O=C([O-])C1=NCCN1C(CC(O)O)C(=O)[O-].[Na+].[Na+]. The van der Waals surface area contributed by atoms with Crippen LogP contribution in [0.3, 0.4) is 0 Å². The Morgan fingerprint density at radius 3 is 2.28 bits per heavy atom. The molecule has 0 aromatic carbocycles. The molecule has 0 aromatic rings. The van der Waals surface area contributed by atoms with Gasteiger partial charge in [-0.05, 0) is 0 Å². The zero-order valence-electron chi connectivity index (χ0n) is 10.2. The molecular formula is C8H10N2Na2O6. The molecule has 0 radical (unpaired) electrons. The third kappa shape index (κ3) is 5.54. The van der Waals surface area contributed by atoms with Crippen LogP contribution in [0.5, 0.6) is 0 Å². The van der Waals surface area contributed by atoms with Crippen molar-refractivity contribution in [1.29, 1.82) is 0 Å². The van der Waals surface area contributed by atoms with Crippen LogP contribution in [0, 0.1) is 0 Å². The van der Waals surface area contributed by atoms with Crippen LogP contribution in [0.25, 0.3) is 0 Å². The van der Waals surface area contributed by atoms with Gasteiger partial charge in [-0.25, -0.2) is 0 Å². The molecule has 0 saturated heterocycles. The molecule has 0 bridgehead atoms. The minimum absolute atomic E-state index is 0. The van der Waals surface area contributed by atoms with Crippen molar-refractivity contribution in [1.82, 2.24) is 4.90 Å². The fraction of sp³-hybridized carbons (Fsp3) is 0.625. The van der Waals surface area contributed by atoms with Gasteiger partial charge in [0.2, 0.25) is 0 Å². The number of rotatable bonds is 5. The number of hydrogen-bond acceptors (Lipinski definition) is 8. The van der Waals surface area contributed by atoms with Crippen molar-refractivity contribution in [3.63, 3.8) is 0 Å². The zero-order valence-corrected chi connectivity index (χ0v) is 14.2. The molecule has 0 spiro atoms. The first-order valence-electron chi connectivity index (χ1n) is 4.53. The maximum atomic E-state index is 10.7. The molecule has 0 saturated carbocycles. The van der Waals surface area contributed by atoms with E-state index in [0.717, 1.165) is 4.90 Å². The van der Waals surface area contributed by atoms with E-state index < -0.39 is 36.5 Å². The summed E-state index contributed by atoms with van der Waals surface area (Å²) in [5, 5.41) is 38.7. The van der Waals surface area contributed by atoms with Crippen molar-refractivity contribution < 1.29 is 89.1 Å². The predicted molar refractivity (Wildman–Crippen MR) is 45.7 cm³/mol. The van der Waals surface area contributed by atoms with Gasteiger partial charge < -0.3 is 34.9 Å². The second-order valence-electron chi connectivity index (χ2n) is 3.24. The average Bonchev–Trinajstić information content (AvgIpc) is 2.61. The van der Waals surface area contributed by atoms with Crippen LogP contribution < -0.4 is 69.3 Å². The van der Waals surface area contributed by atoms with Gasteiger partial charge in [-0.2, -0.15) is 0 Å². The number of nitrogens with zero attached hydrogens (tertiary/aromatic N) is 2. The van der Waals surface area contributed by atoms with E-state index in [-0.39, 0.29) is 72.2 Å². The monoisotopic (exact) mass is 276 g/mol. The fourth-order valence-electron chi connectivity index (χ4n) is 1.50. The molecule has 10 heteroatoms. The van der Waals surface area contributed by atoms with Crippen molar-refractivity contribution in [3.8, 4) is 0 Å². The Bertz CT molecular complexity index is 336. The average molecular weight is 276 g/mol. The molecule has 8 nitrogen and oxygen atoms in total. The van der Waals surface area contributed by atoms with Gasteiger partial charge >= 0.3 is 59.1 Å². The van der Waals surface area contributed by atoms with Gasteiger partial charge in [0.1, 0.15) is 11.8 Å². The fourth-order valence-corrected chi connectivity index (χ4v) is 1.50. The normalized spacial score (nSPS) is 15.5. The second-order valence-corrected chi connectivity index (χ2v) is 3.24. The van der Waals surface area contributed by atoms with Crippen LogP contribution in [-0.2, 0) is 9.59 Å². The van der Waals surface area contributed by atoms with E-state index in [2.05, 4.69) is 4.99 Å². The summed E-state index contributed by atoms with van der Waals surface area (Å²) in [6, 6.07) is -1.45. The summed E-state index contributed by atoms with van der Waals surface area (Å²) in [4.78, 5) is 25.8. The smallest absolute Gasteiger partial charge is 0.548 e. The third-order valence-electron chi connectivity index (χ3n) is 2.14. The van der Waals surface area contributed by atoms with E-state index >= 15 is 0 Å². The largest absolute Gasteiger partial charge is 1.00 e. The van der Waals surface area contributed by atoms with Gasteiger partial charge in [0.05, 0.1) is 18.6 Å². The molecule has 0 aromatic heterocycles. The molecule has 1 rings (SSSR count). The summed E-state index contributed by atoms with van der Waals surface area (Å²) in [6.45, 7) is 0.184. The van der Waals surface area contributed by atoms with Gasteiger partial charge in [0.25, 0.3) is 0 Å². The summed E-state index contributed by atoms with van der Waals surface area (Å²) in [7, 11) is 0. The van der Waals surface area contributed by atoms with Gasteiger partial charge in [-0.1, -0.05) is 0 Å². The number of aliphatic hydroxyl groups excluding tert-OH is 1. The molecule has 90 valence electrons. The zero-order chi connectivity index (χ0) is 12.3. The third-order valence-corrected chi connectivity index (χ3v) is 2.14. The van der Waals surface area contributed by atoms with Gasteiger partial charge in [-0.15, -0.1) is 0 Å². The van der Waals surface area contributed by atoms with Crippen LogP contribution in [0.4, 0.5) is 0 Å². The van der Waals surface area contributed by atoms with E-state index in [1.165, 1.54) is 0 Å². The van der Waals surface area contributed by atoms with Crippen molar-refractivity contribution in [3.05, 3.63) is 0 Å². The van der Waals surface area contributed by atoms with Crippen LogP contribution in [0.15, 0.2) is 4.99 Å². The molecule has 1 heterocycles. The van der Waals surface area contributed by atoms with Crippen molar-refractivity contribution in [2.45, 2.75) is 18.8 Å². The molecule has 0 fully saturated rings.